The number of hydrogen-bond acceptors (Lipinski definition) is 5. The van der Waals surface area contributed by atoms with Gasteiger partial charge in [0.25, 0.3) is 0 Å². The number of hydrogen-bond donors (Lipinski definition) is 0. The topological polar surface area (TPSA) is 43.3 Å². The van der Waals surface area contributed by atoms with Gasteiger partial charge in [-0.2, -0.15) is 22.7 Å². The summed E-state index contributed by atoms with van der Waals surface area (Å²) in [5.41, 5.74) is 0.230. The highest BCUT2D eigenvalue weighted by atomic mass is 19.3. The van der Waals surface area contributed by atoms with Crippen molar-refractivity contribution in [3.8, 4) is 11.5 Å². The van der Waals surface area contributed by atoms with Gasteiger partial charge in [-0.25, -0.2) is 0 Å². The minimum Gasteiger partial charge on any atom is -0.435 e. The van der Waals surface area contributed by atoms with E-state index in [0.29, 0.717) is 26.3 Å². The van der Waals surface area contributed by atoms with Gasteiger partial charge in [-0.3, -0.25) is 5.01 Å². The van der Waals surface area contributed by atoms with E-state index < -0.39 is 13.2 Å². The summed E-state index contributed by atoms with van der Waals surface area (Å²) in [6.07, 6.45) is 1.33. The Bertz CT molecular complexity index is 508. The summed E-state index contributed by atoms with van der Waals surface area (Å²) in [5.74, 6) is -0.556. The van der Waals surface area contributed by atoms with Crippen molar-refractivity contribution in [2.45, 2.75) is 13.2 Å². The Morgan fingerprint density at radius 3 is 2.41 bits per heavy atom. The number of rotatable bonds is 6. The molecule has 5 nitrogen and oxygen atoms in total. The zero-order valence-corrected chi connectivity index (χ0v) is 11.4. The van der Waals surface area contributed by atoms with Crippen molar-refractivity contribution in [1.29, 1.82) is 0 Å². The SMILES string of the molecule is FC(F)Oc1ccc(/C=N/N2CCOCC2)c(OC(F)F)c1. The van der Waals surface area contributed by atoms with Gasteiger partial charge < -0.3 is 14.2 Å². The molecule has 1 aromatic carbocycles. The second-order valence-electron chi connectivity index (χ2n) is 4.27. The molecule has 1 aliphatic rings. The predicted octanol–water partition coefficient (Wildman–Crippen LogP) is 2.56. The Labute approximate surface area is 124 Å². The molecule has 0 aliphatic carbocycles. The fourth-order valence-corrected chi connectivity index (χ4v) is 1.81. The third-order valence-electron chi connectivity index (χ3n) is 2.77. The predicted molar refractivity (Wildman–Crippen MR) is 69.7 cm³/mol. The molecular formula is C13H14F4N2O3. The summed E-state index contributed by atoms with van der Waals surface area (Å²) in [6, 6.07) is 3.52. The van der Waals surface area contributed by atoms with Crippen LogP contribution in [0.1, 0.15) is 5.56 Å². The third kappa shape index (κ3) is 5.06. The fourth-order valence-electron chi connectivity index (χ4n) is 1.81. The van der Waals surface area contributed by atoms with Gasteiger partial charge in [0.05, 0.1) is 32.5 Å². The molecule has 0 radical (unpaired) electrons. The lowest BCUT2D eigenvalue weighted by Crippen LogP contribution is -2.32. The summed E-state index contributed by atoms with van der Waals surface area (Å²) >= 11 is 0. The van der Waals surface area contributed by atoms with E-state index in [1.54, 1.807) is 5.01 Å². The molecule has 1 aliphatic heterocycles. The smallest absolute Gasteiger partial charge is 0.387 e. The highest BCUT2D eigenvalue weighted by molar-refractivity contribution is 5.83. The quantitative estimate of drug-likeness (QED) is 0.596. The molecule has 1 aromatic rings. The van der Waals surface area contributed by atoms with E-state index in [1.165, 1.54) is 18.3 Å². The maximum atomic E-state index is 12.4. The van der Waals surface area contributed by atoms with Gasteiger partial charge >= 0.3 is 13.2 Å². The van der Waals surface area contributed by atoms with E-state index in [0.717, 1.165) is 6.07 Å². The molecule has 1 heterocycles. The zero-order chi connectivity index (χ0) is 15.9. The molecule has 0 unspecified atom stereocenters. The van der Waals surface area contributed by atoms with Crippen LogP contribution in [0, 0.1) is 0 Å². The fraction of sp³-hybridized carbons (Fsp3) is 0.462. The first-order valence-electron chi connectivity index (χ1n) is 6.45. The Hall–Kier alpha value is -2.03. The molecular weight excluding hydrogens is 308 g/mol. The van der Waals surface area contributed by atoms with Crippen molar-refractivity contribution in [3.63, 3.8) is 0 Å². The molecule has 0 amide bonds. The minimum absolute atomic E-state index is 0.230. The number of nitrogens with zero attached hydrogens (tertiary/aromatic N) is 2. The van der Waals surface area contributed by atoms with Crippen LogP contribution in [0.5, 0.6) is 11.5 Å². The van der Waals surface area contributed by atoms with Gasteiger partial charge in [0, 0.05) is 11.6 Å². The molecule has 2 rings (SSSR count). The van der Waals surface area contributed by atoms with Crippen LogP contribution in [0.4, 0.5) is 17.6 Å². The van der Waals surface area contributed by atoms with Crippen LogP contribution >= 0.6 is 0 Å². The number of alkyl halides is 4. The van der Waals surface area contributed by atoms with Crippen LogP contribution in [0.3, 0.4) is 0 Å². The largest absolute Gasteiger partial charge is 0.435 e. The summed E-state index contributed by atoms with van der Waals surface area (Å²) in [5, 5.41) is 5.83. The Morgan fingerprint density at radius 2 is 1.77 bits per heavy atom. The Balaban J connectivity index is 2.15. The van der Waals surface area contributed by atoms with Crippen molar-refractivity contribution in [1.82, 2.24) is 5.01 Å². The van der Waals surface area contributed by atoms with Crippen LogP contribution in [0.15, 0.2) is 23.3 Å². The molecule has 1 saturated heterocycles. The summed E-state index contributed by atoms with van der Waals surface area (Å²) < 4.78 is 62.7. The molecule has 122 valence electrons. The van der Waals surface area contributed by atoms with E-state index in [1.807, 2.05) is 0 Å². The van der Waals surface area contributed by atoms with Gasteiger partial charge in [0.1, 0.15) is 11.5 Å². The lowest BCUT2D eigenvalue weighted by Gasteiger charge is -2.23. The Morgan fingerprint density at radius 1 is 1.09 bits per heavy atom. The van der Waals surface area contributed by atoms with Crippen molar-refractivity contribution in [2.75, 3.05) is 26.3 Å². The molecule has 1 fully saturated rings. The first kappa shape index (κ1) is 16.3. The van der Waals surface area contributed by atoms with Crippen molar-refractivity contribution in [2.24, 2.45) is 5.10 Å². The zero-order valence-electron chi connectivity index (χ0n) is 11.4. The summed E-state index contributed by atoms with van der Waals surface area (Å²) in [4.78, 5) is 0. The summed E-state index contributed by atoms with van der Waals surface area (Å²) in [7, 11) is 0. The molecule has 0 N–H and O–H groups in total. The van der Waals surface area contributed by atoms with Gasteiger partial charge in [0.15, 0.2) is 0 Å². The maximum absolute atomic E-state index is 12.4. The third-order valence-corrected chi connectivity index (χ3v) is 2.77. The molecule has 0 bridgehead atoms. The van der Waals surface area contributed by atoms with E-state index in [4.69, 9.17) is 4.74 Å². The first-order valence-corrected chi connectivity index (χ1v) is 6.45. The van der Waals surface area contributed by atoms with Crippen LogP contribution in [0.2, 0.25) is 0 Å². The number of morpholine rings is 1. The normalized spacial score (nSPS) is 15.8. The van der Waals surface area contributed by atoms with Gasteiger partial charge in [-0.15, -0.1) is 0 Å². The van der Waals surface area contributed by atoms with Crippen molar-refractivity contribution in [3.05, 3.63) is 23.8 Å². The highest BCUT2D eigenvalue weighted by Gasteiger charge is 2.13. The van der Waals surface area contributed by atoms with Crippen LogP contribution in [-0.4, -0.2) is 50.7 Å². The van der Waals surface area contributed by atoms with E-state index in [9.17, 15) is 17.6 Å². The number of ether oxygens (including phenoxy) is 3. The first-order chi connectivity index (χ1) is 10.5. The van der Waals surface area contributed by atoms with Gasteiger partial charge in [-0.05, 0) is 12.1 Å². The van der Waals surface area contributed by atoms with Crippen LogP contribution in [-0.2, 0) is 4.74 Å². The minimum atomic E-state index is -3.09. The average Bonchev–Trinajstić information content (AvgIpc) is 2.46. The number of halogens is 4. The summed E-state index contributed by atoms with van der Waals surface area (Å²) in [6.45, 7) is -3.93. The second-order valence-corrected chi connectivity index (χ2v) is 4.27. The lowest BCUT2D eigenvalue weighted by molar-refractivity contribution is -0.0543. The van der Waals surface area contributed by atoms with E-state index in [2.05, 4.69) is 14.6 Å². The van der Waals surface area contributed by atoms with Crippen LogP contribution < -0.4 is 9.47 Å². The molecule has 0 spiro atoms. The lowest BCUT2D eigenvalue weighted by atomic mass is 10.2. The van der Waals surface area contributed by atoms with E-state index in [-0.39, 0.29) is 17.1 Å². The Kier molecular flexibility index (Phi) is 5.82. The number of hydrazone groups is 1. The van der Waals surface area contributed by atoms with Crippen molar-refractivity contribution >= 4 is 6.21 Å². The van der Waals surface area contributed by atoms with Gasteiger partial charge in [-0.1, -0.05) is 0 Å². The highest BCUT2D eigenvalue weighted by Crippen LogP contribution is 2.26. The van der Waals surface area contributed by atoms with Crippen LogP contribution in [0.25, 0.3) is 0 Å². The second kappa shape index (κ2) is 7.83. The van der Waals surface area contributed by atoms with Crippen molar-refractivity contribution < 1.29 is 31.8 Å². The number of benzene rings is 1. The standard InChI is InChI=1S/C13H14F4N2O3/c14-12(15)21-10-2-1-9(11(7-10)22-13(16)17)8-18-19-3-5-20-6-4-19/h1-2,7-8,12-13H,3-6H2/b18-8+. The average molecular weight is 322 g/mol. The molecule has 9 heteroatoms. The van der Waals surface area contributed by atoms with Gasteiger partial charge in [0.2, 0.25) is 0 Å². The molecule has 0 aromatic heterocycles. The molecule has 22 heavy (non-hydrogen) atoms. The van der Waals surface area contributed by atoms with E-state index >= 15 is 0 Å². The maximum Gasteiger partial charge on any atom is 0.387 e. The molecule has 0 atom stereocenters. The monoisotopic (exact) mass is 322 g/mol. The molecule has 0 saturated carbocycles.